The quantitative estimate of drug-likeness (QED) is 0.413. The maximum absolute atomic E-state index is 12.3. The topological polar surface area (TPSA) is 78.9 Å². The molecule has 0 N–H and O–H groups in total. The van der Waals surface area contributed by atoms with Gasteiger partial charge in [0.05, 0.1) is 17.1 Å². The van der Waals surface area contributed by atoms with Gasteiger partial charge in [-0.3, -0.25) is 4.18 Å². The molecule has 0 aliphatic carbocycles. The Morgan fingerprint density at radius 3 is 2.48 bits per heavy atom. The van der Waals surface area contributed by atoms with E-state index in [2.05, 4.69) is 0 Å². The van der Waals surface area contributed by atoms with Crippen molar-refractivity contribution in [2.24, 2.45) is 0 Å². The first kappa shape index (κ1) is 19.8. The van der Waals surface area contributed by atoms with E-state index in [4.69, 9.17) is 25.3 Å². The number of hydrogen-bond acceptors (Lipinski definition) is 6. The highest BCUT2D eigenvalue weighted by Crippen LogP contribution is 2.28. The first-order chi connectivity index (χ1) is 12.8. The Morgan fingerprint density at radius 1 is 1.15 bits per heavy atom. The van der Waals surface area contributed by atoms with Gasteiger partial charge in [-0.15, -0.1) is 0 Å². The Morgan fingerprint density at radius 2 is 1.81 bits per heavy atom. The van der Waals surface area contributed by atoms with E-state index < -0.39 is 33.9 Å². The van der Waals surface area contributed by atoms with Crippen molar-refractivity contribution in [2.45, 2.75) is 36.0 Å². The minimum atomic E-state index is -3.95. The van der Waals surface area contributed by atoms with Crippen molar-refractivity contribution in [2.75, 3.05) is 6.61 Å². The predicted octanol–water partition coefficient (Wildman–Crippen LogP) is 3.28. The van der Waals surface area contributed by atoms with Crippen LogP contribution in [-0.2, 0) is 23.8 Å². The Labute approximate surface area is 163 Å². The number of ether oxygens (including phenoxy) is 2. The average Bonchev–Trinajstić information content (AvgIpc) is 3.00. The SMILES string of the molecule is Cc1ccc(S(=O)(=O)OC[C@H]2OC(Cl)C[C@@H]2OC(=O)c2ccccc2)cc1. The van der Waals surface area contributed by atoms with Crippen LogP contribution in [0.25, 0.3) is 0 Å². The Kier molecular flexibility index (Phi) is 6.16. The lowest BCUT2D eigenvalue weighted by atomic mass is 10.2. The summed E-state index contributed by atoms with van der Waals surface area (Å²) in [6, 6.07) is 14.8. The molecule has 0 amide bonds. The van der Waals surface area contributed by atoms with Gasteiger partial charge in [0.25, 0.3) is 10.1 Å². The molecule has 2 aromatic rings. The van der Waals surface area contributed by atoms with Gasteiger partial charge in [-0.1, -0.05) is 47.5 Å². The second-order valence-electron chi connectivity index (χ2n) is 6.18. The van der Waals surface area contributed by atoms with E-state index in [1.165, 1.54) is 12.1 Å². The van der Waals surface area contributed by atoms with E-state index in [0.717, 1.165) is 5.56 Å². The van der Waals surface area contributed by atoms with Crippen LogP contribution in [0.4, 0.5) is 0 Å². The fourth-order valence-electron chi connectivity index (χ4n) is 2.65. The zero-order valence-corrected chi connectivity index (χ0v) is 16.2. The fraction of sp³-hybridized carbons (Fsp3) is 0.316. The molecule has 3 rings (SSSR count). The van der Waals surface area contributed by atoms with Crippen LogP contribution in [0.3, 0.4) is 0 Å². The van der Waals surface area contributed by atoms with Crippen molar-refractivity contribution in [3.05, 3.63) is 65.7 Å². The van der Waals surface area contributed by atoms with Crippen LogP contribution in [0.5, 0.6) is 0 Å². The van der Waals surface area contributed by atoms with Gasteiger partial charge in [0.1, 0.15) is 17.8 Å². The van der Waals surface area contributed by atoms with Gasteiger partial charge in [-0.05, 0) is 31.2 Å². The standard InChI is InChI=1S/C19H19ClO6S/c1-13-7-9-15(10-8-13)27(22,23)24-12-17-16(11-18(20)25-17)26-19(21)14-5-3-2-4-6-14/h2-10,16-18H,11-12H2,1H3/t16-,17+,18?/m0/s1. The Balaban J connectivity index is 1.64. The molecule has 1 unspecified atom stereocenters. The molecule has 1 aliphatic heterocycles. The van der Waals surface area contributed by atoms with E-state index >= 15 is 0 Å². The summed E-state index contributed by atoms with van der Waals surface area (Å²) in [4.78, 5) is 12.3. The molecule has 8 heteroatoms. The maximum atomic E-state index is 12.3. The first-order valence-corrected chi connectivity index (χ1v) is 10.2. The minimum Gasteiger partial charge on any atom is -0.456 e. The van der Waals surface area contributed by atoms with E-state index in [-0.39, 0.29) is 17.9 Å². The molecular formula is C19H19ClO6S. The number of alkyl halides is 1. The third kappa shape index (κ3) is 5.07. The summed E-state index contributed by atoms with van der Waals surface area (Å²) in [5.41, 5.74) is 0.641. The molecule has 1 saturated heterocycles. The smallest absolute Gasteiger partial charge is 0.338 e. The molecule has 6 nitrogen and oxygen atoms in total. The number of benzene rings is 2. The molecule has 3 atom stereocenters. The van der Waals surface area contributed by atoms with E-state index in [1.807, 2.05) is 6.92 Å². The lowest BCUT2D eigenvalue weighted by molar-refractivity contribution is -0.0178. The summed E-state index contributed by atoms with van der Waals surface area (Å²) in [5, 5.41) is 0. The van der Waals surface area contributed by atoms with Crippen LogP contribution in [0.15, 0.2) is 59.5 Å². The molecule has 0 radical (unpaired) electrons. The zero-order chi connectivity index (χ0) is 19.4. The average molecular weight is 411 g/mol. The molecule has 27 heavy (non-hydrogen) atoms. The molecule has 1 fully saturated rings. The summed E-state index contributed by atoms with van der Waals surface area (Å²) in [5.74, 6) is -0.527. The summed E-state index contributed by atoms with van der Waals surface area (Å²) >= 11 is 6.00. The van der Waals surface area contributed by atoms with Crippen LogP contribution in [-0.4, -0.2) is 38.8 Å². The number of aryl methyl sites for hydroxylation is 1. The number of hydrogen-bond donors (Lipinski definition) is 0. The maximum Gasteiger partial charge on any atom is 0.338 e. The van der Waals surface area contributed by atoms with Gasteiger partial charge in [0.2, 0.25) is 0 Å². The lowest BCUT2D eigenvalue weighted by Crippen LogP contribution is -2.32. The summed E-state index contributed by atoms with van der Waals surface area (Å²) in [7, 11) is -3.95. The molecule has 1 aliphatic rings. The molecule has 2 aromatic carbocycles. The van der Waals surface area contributed by atoms with Crippen LogP contribution in [0.1, 0.15) is 22.3 Å². The number of halogens is 1. The molecular weight excluding hydrogens is 392 g/mol. The molecule has 0 spiro atoms. The highest BCUT2D eigenvalue weighted by molar-refractivity contribution is 7.86. The van der Waals surface area contributed by atoms with Crippen molar-refractivity contribution in [3.63, 3.8) is 0 Å². The lowest BCUT2D eigenvalue weighted by Gasteiger charge is -2.18. The normalized spacial score (nSPS) is 22.5. The van der Waals surface area contributed by atoms with Crippen molar-refractivity contribution in [1.29, 1.82) is 0 Å². The third-order valence-electron chi connectivity index (χ3n) is 4.12. The summed E-state index contributed by atoms with van der Waals surface area (Å²) in [6.45, 7) is 1.56. The third-order valence-corrected chi connectivity index (χ3v) is 5.70. The Hall–Kier alpha value is -1.93. The number of rotatable bonds is 6. The highest BCUT2D eigenvalue weighted by atomic mass is 35.5. The van der Waals surface area contributed by atoms with Crippen LogP contribution >= 0.6 is 11.6 Å². The van der Waals surface area contributed by atoms with Crippen LogP contribution < -0.4 is 0 Å². The van der Waals surface area contributed by atoms with Gasteiger partial charge in [0.15, 0.2) is 0 Å². The van der Waals surface area contributed by atoms with Crippen molar-refractivity contribution in [3.8, 4) is 0 Å². The van der Waals surface area contributed by atoms with Crippen molar-refractivity contribution < 1.29 is 26.9 Å². The number of esters is 1. The van der Waals surface area contributed by atoms with E-state index in [9.17, 15) is 13.2 Å². The monoisotopic (exact) mass is 410 g/mol. The number of carbonyl (C=O) groups is 1. The zero-order valence-electron chi connectivity index (χ0n) is 14.6. The van der Waals surface area contributed by atoms with Gasteiger partial charge >= 0.3 is 5.97 Å². The van der Waals surface area contributed by atoms with Gasteiger partial charge in [0, 0.05) is 6.42 Å². The van der Waals surface area contributed by atoms with Gasteiger partial charge in [-0.25, -0.2) is 4.79 Å². The molecule has 0 bridgehead atoms. The minimum absolute atomic E-state index is 0.0475. The fourth-order valence-corrected chi connectivity index (χ4v) is 3.87. The molecule has 0 aromatic heterocycles. The first-order valence-electron chi connectivity index (χ1n) is 8.37. The van der Waals surface area contributed by atoms with Crippen LogP contribution in [0, 0.1) is 6.92 Å². The second kappa shape index (κ2) is 8.39. The second-order valence-corrected chi connectivity index (χ2v) is 8.28. The largest absolute Gasteiger partial charge is 0.456 e. The van der Waals surface area contributed by atoms with Crippen LogP contribution in [0.2, 0.25) is 0 Å². The van der Waals surface area contributed by atoms with Gasteiger partial charge in [-0.2, -0.15) is 8.42 Å². The van der Waals surface area contributed by atoms with E-state index in [0.29, 0.717) is 5.56 Å². The molecule has 144 valence electrons. The molecule has 0 saturated carbocycles. The van der Waals surface area contributed by atoms with Crippen molar-refractivity contribution >= 4 is 27.7 Å². The van der Waals surface area contributed by atoms with E-state index in [1.54, 1.807) is 42.5 Å². The molecule has 1 heterocycles. The van der Waals surface area contributed by atoms with Gasteiger partial charge < -0.3 is 9.47 Å². The predicted molar refractivity (Wildman–Crippen MR) is 99.1 cm³/mol. The Bertz CT molecular complexity index is 882. The summed E-state index contributed by atoms with van der Waals surface area (Å²) in [6.07, 6.45) is -1.23. The number of carbonyl (C=O) groups excluding carboxylic acids is 1. The highest BCUT2D eigenvalue weighted by Gasteiger charge is 2.38. The van der Waals surface area contributed by atoms with Crippen molar-refractivity contribution in [1.82, 2.24) is 0 Å². The summed E-state index contributed by atoms with van der Waals surface area (Å²) < 4.78 is 40.6.